The van der Waals surface area contributed by atoms with Gasteiger partial charge < -0.3 is 15.1 Å². The number of hydrogen-bond donors (Lipinski definition) is 2. The van der Waals surface area contributed by atoms with Crippen molar-refractivity contribution in [3.05, 3.63) is 36.5 Å². The van der Waals surface area contributed by atoms with Crippen molar-refractivity contribution in [1.82, 2.24) is 10.3 Å². The van der Waals surface area contributed by atoms with E-state index in [4.69, 9.17) is 4.42 Å². The maximum atomic E-state index is 5.71. The quantitative estimate of drug-likeness (QED) is 0.764. The van der Waals surface area contributed by atoms with Crippen LogP contribution in [0.4, 0.5) is 5.69 Å². The molecule has 1 aliphatic carbocycles. The minimum Gasteiger partial charge on any atom is -0.443 e. The van der Waals surface area contributed by atoms with Crippen LogP contribution in [0.5, 0.6) is 0 Å². The molecule has 1 spiro atoms. The molecule has 1 aromatic heterocycles. The highest BCUT2D eigenvalue weighted by molar-refractivity contribution is 5.85. The smallest absolute Gasteiger partial charge is 0.181 e. The Morgan fingerprint density at radius 3 is 2.71 bits per heavy atom. The van der Waals surface area contributed by atoms with Crippen LogP contribution < -0.4 is 10.6 Å². The highest BCUT2D eigenvalue weighted by Crippen LogP contribution is 2.50. The van der Waals surface area contributed by atoms with Crippen molar-refractivity contribution < 1.29 is 4.42 Å². The molecule has 0 amide bonds. The third-order valence-electron chi connectivity index (χ3n) is 5.11. The molecule has 4 nitrogen and oxygen atoms in total. The van der Waals surface area contributed by atoms with E-state index in [1.54, 1.807) is 0 Å². The van der Waals surface area contributed by atoms with Crippen molar-refractivity contribution in [2.45, 2.75) is 45.1 Å². The van der Waals surface area contributed by atoms with Crippen LogP contribution in [0, 0.1) is 5.41 Å². The van der Waals surface area contributed by atoms with Gasteiger partial charge in [-0.1, -0.05) is 20.4 Å². The monoisotopic (exact) mass is 283 g/mol. The van der Waals surface area contributed by atoms with E-state index in [0.717, 1.165) is 35.4 Å². The van der Waals surface area contributed by atoms with Gasteiger partial charge in [-0.05, 0) is 43.2 Å². The van der Waals surface area contributed by atoms with Crippen LogP contribution in [0.25, 0.3) is 11.1 Å². The average Bonchev–Trinajstić information content (AvgIpc) is 2.90. The Bertz CT molecular complexity index is 719. The fraction of sp³-hybridized carbons (Fsp3) is 0.471. The number of aromatic nitrogens is 1. The first kappa shape index (κ1) is 12.7. The van der Waals surface area contributed by atoms with Gasteiger partial charge in [-0.25, -0.2) is 4.98 Å². The van der Waals surface area contributed by atoms with E-state index in [1.807, 2.05) is 6.07 Å². The lowest BCUT2D eigenvalue weighted by molar-refractivity contribution is 0.142. The Morgan fingerprint density at radius 1 is 1.19 bits per heavy atom. The van der Waals surface area contributed by atoms with Crippen LogP contribution >= 0.6 is 0 Å². The van der Waals surface area contributed by atoms with Gasteiger partial charge in [0.15, 0.2) is 12.0 Å². The van der Waals surface area contributed by atoms with E-state index >= 15 is 0 Å². The second-order valence-corrected chi connectivity index (χ2v) is 7.16. The summed E-state index contributed by atoms with van der Waals surface area (Å²) < 4.78 is 5.71. The van der Waals surface area contributed by atoms with Gasteiger partial charge in [0.05, 0.1) is 11.4 Å². The van der Waals surface area contributed by atoms with E-state index in [1.165, 1.54) is 24.8 Å². The molecule has 0 unspecified atom stereocenters. The largest absolute Gasteiger partial charge is 0.443 e. The summed E-state index contributed by atoms with van der Waals surface area (Å²) in [5.41, 5.74) is 4.48. The summed E-state index contributed by atoms with van der Waals surface area (Å²) in [5.74, 6) is 0.876. The van der Waals surface area contributed by atoms with Crippen molar-refractivity contribution in [1.29, 1.82) is 0 Å². The topological polar surface area (TPSA) is 50.1 Å². The lowest BCUT2D eigenvalue weighted by Gasteiger charge is -2.48. The highest BCUT2D eigenvalue weighted by atomic mass is 16.3. The fourth-order valence-corrected chi connectivity index (χ4v) is 3.78. The second kappa shape index (κ2) is 4.03. The Labute approximate surface area is 124 Å². The molecule has 2 aliphatic rings. The van der Waals surface area contributed by atoms with Crippen LogP contribution in [-0.4, -0.2) is 4.98 Å². The third kappa shape index (κ3) is 1.85. The molecule has 1 fully saturated rings. The van der Waals surface area contributed by atoms with Crippen LogP contribution in [0.2, 0.25) is 0 Å². The lowest BCUT2D eigenvalue weighted by Crippen LogP contribution is -2.50. The van der Waals surface area contributed by atoms with Gasteiger partial charge in [-0.15, -0.1) is 0 Å². The number of fused-ring (bicyclic) bond motifs is 4. The first-order chi connectivity index (χ1) is 9.99. The zero-order valence-electron chi connectivity index (χ0n) is 12.6. The number of hydrogen-bond acceptors (Lipinski definition) is 4. The van der Waals surface area contributed by atoms with Gasteiger partial charge >= 0.3 is 0 Å². The predicted octanol–water partition coefficient (Wildman–Crippen LogP) is 4.11. The van der Waals surface area contributed by atoms with Crippen LogP contribution in [-0.2, 0) is 5.54 Å². The summed E-state index contributed by atoms with van der Waals surface area (Å²) in [4.78, 5) is 4.31. The van der Waals surface area contributed by atoms with Gasteiger partial charge in [0.2, 0.25) is 0 Å². The Hall–Kier alpha value is -1.97. The zero-order chi connectivity index (χ0) is 14.7. The van der Waals surface area contributed by atoms with Crippen molar-refractivity contribution in [3.8, 4) is 0 Å². The van der Waals surface area contributed by atoms with Gasteiger partial charge in [0.1, 0.15) is 5.52 Å². The number of nitrogens with zero attached hydrogens (tertiary/aromatic N) is 1. The molecule has 1 aliphatic heterocycles. The number of anilines is 1. The summed E-state index contributed by atoms with van der Waals surface area (Å²) in [5, 5.41) is 6.96. The summed E-state index contributed by atoms with van der Waals surface area (Å²) in [6.07, 6.45) is 6.10. The zero-order valence-corrected chi connectivity index (χ0v) is 12.6. The van der Waals surface area contributed by atoms with E-state index in [2.05, 4.69) is 42.1 Å². The number of nitrogens with one attached hydrogen (secondary N) is 2. The maximum Gasteiger partial charge on any atom is 0.181 e. The molecule has 21 heavy (non-hydrogen) atoms. The Morgan fingerprint density at radius 2 is 1.95 bits per heavy atom. The normalized spacial score (nSPS) is 22.7. The van der Waals surface area contributed by atoms with E-state index in [0.29, 0.717) is 5.41 Å². The maximum absolute atomic E-state index is 5.71. The van der Waals surface area contributed by atoms with Crippen LogP contribution in [0.3, 0.4) is 0 Å². The van der Waals surface area contributed by atoms with Crippen LogP contribution in [0.15, 0.2) is 35.3 Å². The molecule has 4 rings (SSSR count). The summed E-state index contributed by atoms with van der Waals surface area (Å²) in [6, 6.07) is 4.09. The molecule has 2 N–H and O–H groups in total. The average molecular weight is 283 g/mol. The van der Waals surface area contributed by atoms with E-state index < -0.39 is 0 Å². The molecule has 0 saturated heterocycles. The van der Waals surface area contributed by atoms with Crippen LogP contribution in [0.1, 0.15) is 45.1 Å². The third-order valence-corrected chi connectivity index (χ3v) is 5.11. The summed E-state index contributed by atoms with van der Waals surface area (Å²) in [7, 11) is 0. The highest BCUT2D eigenvalue weighted by Gasteiger charge is 2.44. The van der Waals surface area contributed by atoms with Gasteiger partial charge in [0, 0.05) is 11.3 Å². The molecule has 0 radical (unpaired) electrons. The number of benzene rings is 1. The van der Waals surface area contributed by atoms with Crippen molar-refractivity contribution in [2.75, 3.05) is 5.32 Å². The molecular weight excluding hydrogens is 262 g/mol. The first-order valence-corrected chi connectivity index (χ1v) is 7.60. The lowest BCUT2D eigenvalue weighted by atomic mass is 9.66. The number of oxazole rings is 1. The molecule has 2 heterocycles. The Kier molecular flexibility index (Phi) is 2.44. The molecule has 4 heteroatoms. The van der Waals surface area contributed by atoms with E-state index in [9.17, 15) is 0 Å². The molecule has 110 valence electrons. The molecule has 0 bridgehead atoms. The summed E-state index contributed by atoms with van der Waals surface area (Å²) >= 11 is 0. The predicted molar refractivity (Wildman–Crippen MR) is 83.8 cm³/mol. The van der Waals surface area contributed by atoms with Crippen molar-refractivity contribution in [3.63, 3.8) is 0 Å². The SMILES string of the molecule is C=C1Nc2ccc3ncoc3c2C2(CCC(C)(C)CC2)N1. The minimum atomic E-state index is -0.0772. The molecule has 0 atom stereocenters. The van der Waals surface area contributed by atoms with Gasteiger partial charge in [-0.3, -0.25) is 0 Å². The first-order valence-electron chi connectivity index (χ1n) is 7.60. The van der Waals surface area contributed by atoms with Gasteiger partial charge in [-0.2, -0.15) is 0 Å². The Balaban J connectivity index is 1.90. The molecular formula is C17H21N3O. The van der Waals surface area contributed by atoms with Gasteiger partial charge in [0.25, 0.3) is 0 Å². The minimum absolute atomic E-state index is 0.0772. The van der Waals surface area contributed by atoms with Crippen molar-refractivity contribution in [2.24, 2.45) is 5.41 Å². The molecule has 1 saturated carbocycles. The van der Waals surface area contributed by atoms with E-state index in [-0.39, 0.29) is 5.54 Å². The fourth-order valence-electron chi connectivity index (χ4n) is 3.78. The summed E-state index contributed by atoms with van der Waals surface area (Å²) in [6.45, 7) is 8.80. The molecule has 2 aromatic rings. The van der Waals surface area contributed by atoms with Crippen molar-refractivity contribution >= 4 is 16.8 Å². The number of rotatable bonds is 0. The second-order valence-electron chi connectivity index (χ2n) is 7.16. The molecule has 1 aromatic carbocycles. The standard InChI is InChI=1S/C17H21N3O/c1-11-19-12-4-5-13-15(21-10-18-13)14(12)17(20-11)8-6-16(2,3)7-9-17/h4-5,10,19-20H,1,6-9H2,2-3H3.